The number of methoxy groups -OCH3 is 1. The van der Waals surface area contributed by atoms with E-state index >= 15 is 0 Å². The van der Waals surface area contributed by atoms with Gasteiger partial charge in [-0.25, -0.2) is 0 Å². The van der Waals surface area contributed by atoms with E-state index in [1.165, 1.54) is 26.4 Å². The lowest BCUT2D eigenvalue weighted by Gasteiger charge is -2.22. The first kappa shape index (κ1) is 17.4. The van der Waals surface area contributed by atoms with Gasteiger partial charge in [-0.05, 0) is 52.7 Å². The van der Waals surface area contributed by atoms with Crippen LogP contribution < -0.4 is 5.73 Å². The lowest BCUT2D eigenvalue weighted by atomic mass is 9.96. The van der Waals surface area contributed by atoms with Gasteiger partial charge in [-0.2, -0.15) is 0 Å². The maximum absolute atomic E-state index is 11.4. The molecule has 0 aromatic rings. The number of nitrogens with zero attached hydrogens (tertiary/aromatic N) is 1. The number of carbonyl (C=O) groups excluding carboxylic acids is 1. The predicted octanol–water partition coefficient (Wildman–Crippen LogP) is 2.17. The van der Waals surface area contributed by atoms with Gasteiger partial charge in [0, 0.05) is 0 Å². The van der Waals surface area contributed by atoms with Crippen LogP contribution in [0.15, 0.2) is 0 Å². The van der Waals surface area contributed by atoms with Crippen LogP contribution in [0.1, 0.15) is 52.4 Å². The van der Waals surface area contributed by atoms with Crippen LogP contribution in [-0.4, -0.2) is 43.7 Å². The largest absolute Gasteiger partial charge is 0.468 e. The van der Waals surface area contributed by atoms with Crippen molar-refractivity contribution in [2.45, 2.75) is 57.9 Å². The Kier molecular flexibility index (Phi) is 9.02. The van der Waals surface area contributed by atoms with Crippen molar-refractivity contribution < 1.29 is 9.53 Å². The predicted molar refractivity (Wildman–Crippen MR) is 75.5 cm³/mol. The summed E-state index contributed by atoms with van der Waals surface area (Å²) in [6.07, 6.45) is 6.55. The molecule has 0 radical (unpaired) electrons. The Balaban J connectivity index is 3.63. The standard InChI is InChI=1S/C14H30N2O2/c1-5-6-8-11-16(3)12-9-7-10-14(2,15)13(17)18-4/h5-12,15H2,1-4H3. The summed E-state index contributed by atoms with van der Waals surface area (Å²) in [6, 6.07) is 0. The molecule has 0 amide bonds. The van der Waals surface area contributed by atoms with Gasteiger partial charge in [0.05, 0.1) is 7.11 Å². The smallest absolute Gasteiger partial charge is 0.325 e. The van der Waals surface area contributed by atoms with Crippen molar-refractivity contribution in [3.05, 3.63) is 0 Å². The highest BCUT2D eigenvalue weighted by atomic mass is 16.5. The topological polar surface area (TPSA) is 55.6 Å². The zero-order valence-electron chi connectivity index (χ0n) is 12.5. The Morgan fingerprint density at radius 1 is 1.22 bits per heavy atom. The van der Waals surface area contributed by atoms with Crippen LogP contribution in [0.2, 0.25) is 0 Å². The molecule has 4 nitrogen and oxygen atoms in total. The third-order valence-corrected chi connectivity index (χ3v) is 3.28. The van der Waals surface area contributed by atoms with Gasteiger partial charge in [0.1, 0.15) is 5.54 Å². The van der Waals surface area contributed by atoms with Crippen molar-refractivity contribution in [3.8, 4) is 0 Å². The molecule has 0 aliphatic carbocycles. The molecule has 4 heteroatoms. The summed E-state index contributed by atoms with van der Waals surface area (Å²) >= 11 is 0. The monoisotopic (exact) mass is 258 g/mol. The Morgan fingerprint density at radius 2 is 1.78 bits per heavy atom. The summed E-state index contributed by atoms with van der Waals surface area (Å²) in [6.45, 7) is 6.18. The summed E-state index contributed by atoms with van der Waals surface area (Å²) in [5.41, 5.74) is 5.06. The van der Waals surface area contributed by atoms with E-state index in [-0.39, 0.29) is 5.97 Å². The second-order valence-electron chi connectivity index (χ2n) is 5.38. The lowest BCUT2D eigenvalue weighted by Crippen LogP contribution is -2.45. The number of hydrogen-bond donors (Lipinski definition) is 1. The zero-order valence-corrected chi connectivity index (χ0v) is 12.5. The minimum atomic E-state index is -0.838. The molecule has 0 fully saturated rings. The summed E-state index contributed by atoms with van der Waals surface area (Å²) in [7, 11) is 3.53. The molecule has 18 heavy (non-hydrogen) atoms. The number of nitrogens with two attached hydrogens (primary N) is 1. The fraction of sp³-hybridized carbons (Fsp3) is 0.929. The van der Waals surface area contributed by atoms with Crippen molar-refractivity contribution in [1.82, 2.24) is 4.90 Å². The Hall–Kier alpha value is -0.610. The summed E-state index contributed by atoms with van der Waals surface area (Å²) in [5.74, 6) is -0.321. The third-order valence-electron chi connectivity index (χ3n) is 3.28. The molecule has 0 bridgehead atoms. The zero-order chi connectivity index (χ0) is 14.0. The molecule has 0 rings (SSSR count). The summed E-state index contributed by atoms with van der Waals surface area (Å²) in [4.78, 5) is 13.7. The van der Waals surface area contributed by atoms with E-state index in [0.717, 1.165) is 25.9 Å². The molecule has 0 aromatic heterocycles. The molecule has 108 valence electrons. The second kappa shape index (κ2) is 9.34. The van der Waals surface area contributed by atoms with Crippen LogP contribution in [0.3, 0.4) is 0 Å². The van der Waals surface area contributed by atoms with E-state index in [0.29, 0.717) is 6.42 Å². The fourth-order valence-corrected chi connectivity index (χ4v) is 1.95. The minimum Gasteiger partial charge on any atom is -0.468 e. The van der Waals surface area contributed by atoms with Crippen LogP contribution in [0, 0.1) is 0 Å². The van der Waals surface area contributed by atoms with Gasteiger partial charge < -0.3 is 15.4 Å². The molecule has 0 aliphatic heterocycles. The molecular formula is C14H30N2O2. The van der Waals surface area contributed by atoms with Gasteiger partial charge >= 0.3 is 5.97 Å². The first-order chi connectivity index (χ1) is 8.44. The lowest BCUT2D eigenvalue weighted by molar-refractivity contribution is -0.146. The highest BCUT2D eigenvalue weighted by Crippen LogP contribution is 2.12. The Bertz CT molecular complexity index is 230. The van der Waals surface area contributed by atoms with Crippen LogP contribution in [0.5, 0.6) is 0 Å². The molecule has 0 spiro atoms. The molecule has 2 N–H and O–H groups in total. The highest BCUT2D eigenvalue weighted by molar-refractivity contribution is 5.79. The minimum absolute atomic E-state index is 0.321. The van der Waals surface area contributed by atoms with Crippen LogP contribution >= 0.6 is 0 Å². The van der Waals surface area contributed by atoms with Crippen LogP contribution in [-0.2, 0) is 9.53 Å². The van der Waals surface area contributed by atoms with Gasteiger partial charge in [0.25, 0.3) is 0 Å². The van der Waals surface area contributed by atoms with Crippen molar-refractivity contribution in [2.24, 2.45) is 5.73 Å². The van der Waals surface area contributed by atoms with E-state index < -0.39 is 5.54 Å². The van der Waals surface area contributed by atoms with E-state index in [1.807, 2.05) is 0 Å². The fourth-order valence-electron chi connectivity index (χ4n) is 1.95. The van der Waals surface area contributed by atoms with Gasteiger partial charge in [0.2, 0.25) is 0 Å². The van der Waals surface area contributed by atoms with E-state index in [2.05, 4.69) is 23.6 Å². The number of unbranched alkanes of at least 4 members (excludes halogenated alkanes) is 3. The molecule has 0 heterocycles. The average molecular weight is 258 g/mol. The first-order valence-corrected chi connectivity index (χ1v) is 7.00. The molecule has 0 saturated heterocycles. The number of esters is 1. The van der Waals surface area contributed by atoms with E-state index in [9.17, 15) is 4.79 Å². The maximum atomic E-state index is 11.4. The second-order valence-corrected chi connectivity index (χ2v) is 5.38. The van der Waals surface area contributed by atoms with Crippen molar-refractivity contribution in [2.75, 3.05) is 27.2 Å². The number of carbonyl (C=O) groups is 1. The van der Waals surface area contributed by atoms with Gasteiger partial charge in [-0.3, -0.25) is 4.79 Å². The van der Waals surface area contributed by atoms with Crippen molar-refractivity contribution in [3.63, 3.8) is 0 Å². The molecule has 0 aromatic carbocycles. The van der Waals surface area contributed by atoms with Gasteiger partial charge in [-0.1, -0.05) is 19.8 Å². The molecule has 0 saturated carbocycles. The SMILES string of the molecule is CCCCCN(C)CCCCC(C)(N)C(=O)OC. The highest BCUT2D eigenvalue weighted by Gasteiger charge is 2.28. The first-order valence-electron chi connectivity index (χ1n) is 7.00. The van der Waals surface area contributed by atoms with Crippen LogP contribution in [0.4, 0.5) is 0 Å². The van der Waals surface area contributed by atoms with Gasteiger partial charge in [-0.15, -0.1) is 0 Å². The third kappa shape index (κ3) is 7.67. The van der Waals surface area contributed by atoms with E-state index in [4.69, 9.17) is 5.73 Å². The van der Waals surface area contributed by atoms with E-state index in [1.54, 1.807) is 6.92 Å². The van der Waals surface area contributed by atoms with Gasteiger partial charge in [0.15, 0.2) is 0 Å². The normalized spacial score (nSPS) is 14.6. The summed E-state index contributed by atoms with van der Waals surface area (Å²) < 4.78 is 4.68. The molecular weight excluding hydrogens is 228 g/mol. The number of rotatable bonds is 10. The average Bonchev–Trinajstić information content (AvgIpc) is 2.34. The quantitative estimate of drug-likeness (QED) is 0.482. The molecule has 1 unspecified atom stereocenters. The molecule has 0 aliphatic rings. The maximum Gasteiger partial charge on any atom is 0.325 e. The Morgan fingerprint density at radius 3 is 2.28 bits per heavy atom. The Labute approximate surface area is 112 Å². The number of hydrogen-bond acceptors (Lipinski definition) is 4. The van der Waals surface area contributed by atoms with Crippen LogP contribution in [0.25, 0.3) is 0 Å². The molecule has 1 atom stereocenters. The summed E-state index contributed by atoms with van der Waals surface area (Å²) in [5, 5.41) is 0. The number of ether oxygens (including phenoxy) is 1. The van der Waals surface area contributed by atoms with Crippen molar-refractivity contribution in [1.29, 1.82) is 0 Å². The van der Waals surface area contributed by atoms with Crippen molar-refractivity contribution >= 4 is 5.97 Å².